The quantitative estimate of drug-likeness (QED) is 0.428. The molecule has 0 atom stereocenters. The summed E-state index contributed by atoms with van der Waals surface area (Å²) in [6.07, 6.45) is 1.31. The number of nitro benzene ring substituents is 1. The van der Waals surface area contributed by atoms with E-state index in [0.29, 0.717) is 11.8 Å². The Balaban J connectivity index is 1.64. The minimum absolute atomic E-state index is 0.0357. The number of nitrogens with one attached hydrogen (secondary N) is 1. The number of carbonyl (C=O) groups excluding carboxylic acids is 3. The van der Waals surface area contributed by atoms with E-state index in [1.54, 1.807) is 6.07 Å². The first-order chi connectivity index (χ1) is 14.3. The molecular formula is C20H16FN3O5S. The fraction of sp³-hybridized carbons (Fsp3) is 0.150. The van der Waals surface area contributed by atoms with Gasteiger partial charge in [0.2, 0.25) is 0 Å². The zero-order valence-corrected chi connectivity index (χ0v) is 16.6. The van der Waals surface area contributed by atoms with Crippen molar-refractivity contribution in [2.24, 2.45) is 0 Å². The first kappa shape index (κ1) is 21.2. The summed E-state index contributed by atoms with van der Waals surface area (Å²) in [4.78, 5) is 48.4. The SMILES string of the molecule is Cc1c(C(=O)NCCN2C(=O)S/C(=C\c3ccccc3F)C2=O)cccc1[N+](=O)[O-]. The van der Waals surface area contributed by atoms with Crippen LogP contribution < -0.4 is 5.32 Å². The zero-order valence-electron chi connectivity index (χ0n) is 15.8. The van der Waals surface area contributed by atoms with E-state index >= 15 is 0 Å². The Kier molecular flexibility index (Phi) is 6.26. The summed E-state index contributed by atoms with van der Waals surface area (Å²) >= 11 is 0.692. The van der Waals surface area contributed by atoms with Crippen molar-refractivity contribution in [1.82, 2.24) is 10.2 Å². The van der Waals surface area contributed by atoms with E-state index in [9.17, 15) is 28.9 Å². The van der Waals surface area contributed by atoms with Gasteiger partial charge in [-0.1, -0.05) is 24.3 Å². The molecule has 0 aliphatic carbocycles. The highest BCUT2D eigenvalue weighted by molar-refractivity contribution is 8.18. The maximum absolute atomic E-state index is 13.8. The van der Waals surface area contributed by atoms with Gasteiger partial charge in [0, 0.05) is 35.8 Å². The molecule has 1 saturated heterocycles. The lowest BCUT2D eigenvalue weighted by Crippen LogP contribution is -2.37. The lowest BCUT2D eigenvalue weighted by molar-refractivity contribution is -0.385. The maximum Gasteiger partial charge on any atom is 0.293 e. The van der Waals surface area contributed by atoms with Crippen LogP contribution in [-0.2, 0) is 4.79 Å². The van der Waals surface area contributed by atoms with Crippen LogP contribution in [0.4, 0.5) is 14.9 Å². The molecule has 10 heteroatoms. The van der Waals surface area contributed by atoms with Gasteiger partial charge in [0.25, 0.3) is 22.7 Å². The Morgan fingerprint density at radius 2 is 1.97 bits per heavy atom. The molecule has 8 nitrogen and oxygen atoms in total. The van der Waals surface area contributed by atoms with Crippen molar-refractivity contribution in [2.75, 3.05) is 13.1 Å². The van der Waals surface area contributed by atoms with Crippen molar-refractivity contribution in [2.45, 2.75) is 6.92 Å². The molecule has 1 aliphatic heterocycles. The van der Waals surface area contributed by atoms with Crippen LogP contribution in [0.3, 0.4) is 0 Å². The molecule has 30 heavy (non-hydrogen) atoms. The number of nitrogens with zero attached hydrogens (tertiary/aromatic N) is 2. The van der Waals surface area contributed by atoms with E-state index in [2.05, 4.69) is 5.32 Å². The molecular weight excluding hydrogens is 413 g/mol. The number of amides is 3. The van der Waals surface area contributed by atoms with Gasteiger partial charge in [-0.3, -0.25) is 29.4 Å². The van der Waals surface area contributed by atoms with Crippen LogP contribution in [0.25, 0.3) is 6.08 Å². The summed E-state index contributed by atoms with van der Waals surface area (Å²) in [5.41, 5.74) is 0.376. The van der Waals surface area contributed by atoms with E-state index in [4.69, 9.17) is 0 Å². The van der Waals surface area contributed by atoms with Gasteiger partial charge in [-0.15, -0.1) is 0 Å². The molecule has 0 bridgehead atoms. The molecule has 0 unspecified atom stereocenters. The molecule has 1 aliphatic rings. The van der Waals surface area contributed by atoms with E-state index in [-0.39, 0.29) is 40.4 Å². The Morgan fingerprint density at radius 3 is 2.67 bits per heavy atom. The number of halogens is 1. The number of imide groups is 1. The average molecular weight is 429 g/mol. The van der Waals surface area contributed by atoms with Crippen LogP contribution in [-0.4, -0.2) is 40.0 Å². The Labute approximate surface area is 174 Å². The second kappa shape index (κ2) is 8.87. The number of carbonyl (C=O) groups is 3. The highest BCUT2D eigenvalue weighted by Gasteiger charge is 2.34. The highest BCUT2D eigenvalue weighted by Crippen LogP contribution is 2.32. The van der Waals surface area contributed by atoms with Crippen LogP contribution in [0.15, 0.2) is 47.4 Å². The first-order valence-electron chi connectivity index (χ1n) is 8.81. The first-order valence-corrected chi connectivity index (χ1v) is 9.63. The lowest BCUT2D eigenvalue weighted by Gasteiger charge is -2.13. The molecule has 2 aromatic rings. The summed E-state index contributed by atoms with van der Waals surface area (Å²) in [5.74, 6) is -1.64. The molecule has 1 N–H and O–H groups in total. The molecule has 2 aromatic carbocycles. The molecule has 1 heterocycles. The zero-order chi connectivity index (χ0) is 21.8. The number of benzene rings is 2. The number of nitro groups is 1. The molecule has 0 aromatic heterocycles. The maximum atomic E-state index is 13.8. The van der Waals surface area contributed by atoms with Crippen molar-refractivity contribution in [3.8, 4) is 0 Å². The topological polar surface area (TPSA) is 110 Å². The third kappa shape index (κ3) is 4.38. The Morgan fingerprint density at radius 1 is 1.23 bits per heavy atom. The van der Waals surface area contributed by atoms with Gasteiger partial charge in [0.05, 0.1) is 9.83 Å². The lowest BCUT2D eigenvalue weighted by atomic mass is 10.1. The van der Waals surface area contributed by atoms with E-state index < -0.39 is 27.8 Å². The molecule has 0 radical (unpaired) electrons. The van der Waals surface area contributed by atoms with Crippen molar-refractivity contribution in [3.05, 3.63) is 80.0 Å². The van der Waals surface area contributed by atoms with E-state index in [0.717, 1.165) is 4.90 Å². The van der Waals surface area contributed by atoms with Crippen LogP contribution in [0.1, 0.15) is 21.5 Å². The Hall–Kier alpha value is -3.53. The van der Waals surface area contributed by atoms with Crippen molar-refractivity contribution in [1.29, 1.82) is 0 Å². The fourth-order valence-electron chi connectivity index (χ4n) is 2.87. The fourth-order valence-corrected chi connectivity index (χ4v) is 3.73. The minimum Gasteiger partial charge on any atom is -0.350 e. The van der Waals surface area contributed by atoms with Crippen LogP contribution in [0.2, 0.25) is 0 Å². The van der Waals surface area contributed by atoms with Crippen molar-refractivity contribution in [3.63, 3.8) is 0 Å². The van der Waals surface area contributed by atoms with Crippen LogP contribution in [0.5, 0.6) is 0 Å². The number of thioether (sulfide) groups is 1. The summed E-state index contributed by atoms with van der Waals surface area (Å²) in [7, 11) is 0. The van der Waals surface area contributed by atoms with E-state index in [1.165, 1.54) is 49.4 Å². The minimum atomic E-state index is -0.575. The monoisotopic (exact) mass is 429 g/mol. The summed E-state index contributed by atoms with van der Waals surface area (Å²) in [6.45, 7) is 1.35. The smallest absolute Gasteiger partial charge is 0.293 e. The Bertz CT molecular complexity index is 1090. The van der Waals surface area contributed by atoms with Crippen molar-refractivity contribution >= 4 is 40.6 Å². The summed E-state index contributed by atoms with van der Waals surface area (Å²) in [5, 5.41) is 13.0. The number of hydrogen-bond acceptors (Lipinski definition) is 6. The predicted molar refractivity (Wildman–Crippen MR) is 109 cm³/mol. The van der Waals surface area contributed by atoms with Gasteiger partial charge in [-0.25, -0.2) is 4.39 Å². The highest BCUT2D eigenvalue weighted by atomic mass is 32.2. The molecule has 3 amide bonds. The number of hydrogen-bond donors (Lipinski definition) is 1. The molecule has 0 spiro atoms. The summed E-state index contributed by atoms with van der Waals surface area (Å²) in [6, 6.07) is 10.0. The molecule has 154 valence electrons. The molecule has 3 rings (SSSR count). The molecule has 0 saturated carbocycles. The second-order valence-corrected chi connectivity index (χ2v) is 7.31. The van der Waals surface area contributed by atoms with Gasteiger partial charge in [-0.2, -0.15) is 0 Å². The van der Waals surface area contributed by atoms with Gasteiger partial charge in [-0.05, 0) is 36.9 Å². The van der Waals surface area contributed by atoms with Crippen LogP contribution >= 0.6 is 11.8 Å². The molecule has 1 fully saturated rings. The van der Waals surface area contributed by atoms with Gasteiger partial charge >= 0.3 is 0 Å². The predicted octanol–water partition coefficient (Wildman–Crippen LogP) is 3.51. The second-order valence-electron chi connectivity index (χ2n) is 6.32. The third-order valence-electron chi connectivity index (χ3n) is 4.43. The van der Waals surface area contributed by atoms with Gasteiger partial charge in [0.1, 0.15) is 5.82 Å². The largest absolute Gasteiger partial charge is 0.350 e. The normalized spacial score (nSPS) is 15.0. The summed E-state index contributed by atoms with van der Waals surface area (Å²) < 4.78 is 13.8. The van der Waals surface area contributed by atoms with E-state index in [1.807, 2.05) is 0 Å². The van der Waals surface area contributed by atoms with Gasteiger partial charge in [0.15, 0.2) is 0 Å². The number of rotatable bonds is 6. The standard InChI is InChI=1S/C20H16FN3O5S/c1-12-14(6-4-8-16(12)24(28)29)18(25)22-9-10-23-19(26)17(30-20(23)27)11-13-5-2-3-7-15(13)21/h2-8,11H,9-10H2,1H3,(H,22,25)/b17-11-. The van der Waals surface area contributed by atoms with Gasteiger partial charge < -0.3 is 5.32 Å². The van der Waals surface area contributed by atoms with Crippen LogP contribution in [0, 0.1) is 22.9 Å². The average Bonchev–Trinajstić information content (AvgIpc) is 2.97. The van der Waals surface area contributed by atoms with Crippen molar-refractivity contribution < 1.29 is 23.7 Å². The third-order valence-corrected chi connectivity index (χ3v) is 5.34.